The maximum absolute atomic E-state index is 13.9. The van der Waals surface area contributed by atoms with Crippen LogP contribution < -0.4 is 5.30 Å². The van der Waals surface area contributed by atoms with Crippen molar-refractivity contribution in [3.05, 3.63) is 35.7 Å². The normalized spacial score (nSPS) is 12.5. The molecule has 0 saturated heterocycles. The van der Waals surface area contributed by atoms with Crippen molar-refractivity contribution in [3.8, 4) is 0 Å². The summed E-state index contributed by atoms with van der Waals surface area (Å²) in [6, 6.07) is 4.24. The summed E-state index contributed by atoms with van der Waals surface area (Å²) in [4.78, 5) is 12.3. The fraction of sp³-hybridized carbons (Fsp3) is 0.438. The molecule has 0 saturated carbocycles. The molecule has 144 valence electrons. The average molecular weight is 393 g/mol. The van der Waals surface area contributed by atoms with Gasteiger partial charge in [0, 0.05) is 6.20 Å². The van der Waals surface area contributed by atoms with E-state index < -0.39 is 36.3 Å². The van der Waals surface area contributed by atoms with E-state index in [1.54, 1.807) is 0 Å². The predicted octanol–water partition coefficient (Wildman–Crippen LogP) is 4.03. The Morgan fingerprint density at radius 1 is 1.12 bits per heavy atom. The smallest absolute Gasteiger partial charge is 0.419 e. The number of nitrogens with zero attached hydrogens (tertiary/aromatic N) is 1. The van der Waals surface area contributed by atoms with Crippen LogP contribution in [0.1, 0.15) is 36.8 Å². The summed E-state index contributed by atoms with van der Waals surface area (Å²) >= 11 is 0. The molecule has 6 nitrogen and oxygen atoms in total. The minimum absolute atomic E-state index is 0.0897. The number of fused-ring (bicyclic) bond motifs is 1. The van der Waals surface area contributed by atoms with Crippen molar-refractivity contribution >= 4 is 24.4 Å². The third-order valence-corrected chi connectivity index (χ3v) is 5.64. The molecule has 0 aromatic carbocycles. The first-order valence-corrected chi connectivity index (χ1v) is 9.52. The molecule has 0 radical (unpaired) electrons. The molecule has 0 aliphatic rings. The van der Waals surface area contributed by atoms with Gasteiger partial charge >= 0.3 is 19.7 Å². The molecule has 10 heteroatoms. The van der Waals surface area contributed by atoms with Crippen LogP contribution in [-0.2, 0) is 24.5 Å². The third-order valence-electron chi connectivity index (χ3n) is 3.44. The minimum Gasteiger partial charge on any atom is -0.461 e. The van der Waals surface area contributed by atoms with Gasteiger partial charge in [0.05, 0.1) is 25.3 Å². The molecule has 26 heavy (non-hydrogen) atoms. The zero-order valence-corrected chi connectivity index (χ0v) is 15.4. The molecular weight excluding hydrogens is 374 g/mol. The van der Waals surface area contributed by atoms with E-state index in [-0.39, 0.29) is 25.3 Å². The summed E-state index contributed by atoms with van der Waals surface area (Å²) in [6.07, 6.45) is -3.71. The Morgan fingerprint density at radius 2 is 1.73 bits per heavy atom. The van der Waals surface area contributed by atoms with E-state index in [2.05, 4.69) is 0 Å². The van der Waals surface area contributed by atoms with Gasteiger partial charge in [0.25, 0.3) is 0 Å². The highest BCUT2D eigenvalue weighted by molar-refractivity contribution is 7.62. The largest absolute Gasteiger partial charge is 0.461 e. The Balaban J connectivity index is 2.97. The second-order valence-electron chi connectivity index (χ2n) is 5.08. The standard InChI is InChI=1S/C16H19F3NO5P/c1-4-23-15(21)13-12(16(17,18)19)14(11-9-7-8-10-20(11)13)26(22,24-5-2)25-6-3/h7-10H,4-6H2,1-3H3. The zero-order valence-electron chi connectivity index (χ0n) is 14.5. The van der Waals surface area contributed by atoms with Gasteiger partial charge in [-0.3, -0.25) is 4.57 Å². The molecule has 0 bridgehead atoms. The van der Waals surface area contributed by atoms with Crippen molar-refractivity contribution in [2.24, 2.45) is 0 Å². The van der Waals surface area contributed by atoms with Gasteiger partial charge in [-0.1, -0.05) is 6.07 Å². The van der Waals surface area contributed by atoms with E-state index in [1.807, 2.05) is 0 Å². The van der Waals surface area contributed by atoms with Crippen LogP contribution in [0, 0.1) is 0 Å². The van der Waals surface area contributed by atoms with E-state index in [1.165, 1.54) is 45.2 Å². The zero-order chi connectivity index (χ0) is 19.5. The van der Waals surface area contributed by atoms with Gasteiger partial charge in [0.2, 0.25) is 0 Å². The molecule has 0 fully saturated rings. The molecule has 0 unspecified atom stereocenters. The maximum atomic E-state index is 13.9. The summed E-state index contributed by atoms with van der Waals surface area (Å²) < 4.78 is 70.9. The van der Waals surface area contributed by atoms with Crippen molar-refractivity contribution in [2.75, 3.05) is 19.8 Å². The van der Waals surface area contributed by atoms with Gasteiger partial charge in [-0.05, 0) is 32.9 Å². The van der Waals surface area contributed by atoms with E-state index in [0.29, 0.717) is 0 Å². The number of hydrogen-bond donors (Lipinski definition) is 0. The lowest BCUT2D eigenvalue weighted by Crippen LogP contribution is -2.23. The number of esters is 1. The molecule has 0 amide bonds. The summed E-state index contributed by atoms with van der Waals surface area (Å²) in [5.41, 5.74) is -2.22. The summed E-state index contributed by atoms with van der Waals surface area (Å²) in [6.45, 7) is 4.08. The highest BCUT2D eigenvalue weighted by Crippen LogP contribution is 2.52. The number of carbonyl (C=O) groups is 1. The van der Waals surface area contributed by atoms with E-state index in [9.17, 15) is 22.5 Å². The number of alkyl halides is 3. The van der Waals surface area contributed by atoms with Crippen molar-refractivity contribution < 1.29 is 36.3 Å². The van der Waals surface area contributed by atoms with E-state index in [4.69, 9.17) is 13.8 Å². The Morgan fingerprint density at radius 3 is 2.23 bits per heavy atom. The quantitative estimate of drug-likeness (QED) is 0.525. The summed E-state index contributed by atoms with van der Waals surface area (Å²) in [7, 11) is -4.34. The molecule has 2 heterocycles. The molecule has 0 N–H and O–H groups in total. The minimum atomic E-state index is -4.98. The molecular formula is C16H19F3NO5P. The number of ether oxygens (including phenoxy) is 1. The molecule has 2 rings (SSSR count). The first kappa shape index (κ1) is 20.5. The summed E-state index contributed by atoms with van der Waals surface area (Å²) in [5, 5.41) is -0.683. The lowest BCUT2D eigenvalue weighted by atomic mass is 10.2. The van der Waals surface area contributed by atoms with Crippen LogP contribution in [0.15, 0.2) is 24.4 Å². The average Bonchev–Trinajstić information content (AvgIpc) is 2.91. The molecule has 0 aliphatic carbocycles. The first-order valence-electron chi connectivity index (χ1n) is 7.98. The second kappa shape index (κ2) is 7.82. The second-order valence-corrected chi connectivity index (χ2v) is 7.04. The number of carbonyl (C=O) groups excluding carboxylic acids is 1. The number of aromatic nitrogens is 1. The topological polar surface area (TPSA) is 66.2 Å². The monoisotopic (exact) mass is 393 g/mol. The molecule has 0 aliphatic heterocycles. The van der Waals surface area contributed by atoms with Gasteiger partial charge in [0.1, 0.15) is 16.6 Å². The van der Waals surface area contributed by atoms with Crippen LogP contribution in [0.2, 0.25) is 0 Å². The van der Waals surface area contributed by atoms with Gasteiger partial charge < -0.3 is 18.2 Å². The van der Waals surface area contributed by atoms with Crippen LogP contribution in [0.4, 0.5) is 13.2 Å². The SMILES string of the molecule is CCOC(=O)c1c(C(F)(F)F)c(P(=O)(OCC)OCC)c2ccccn12. The fourth-order valence-corrected chi connectivity index (χ4v) is 4.63. The highest BCUT2D eigenvalue weighted by Gasteiger charge is 2.48. The molecule has 2 aromatic rings. The Labute approximate surface area is 148 Å². The van der Waals surface area contributed by atoms with Gasteiger partial charge in [-0.15, -0.1) is 0 Å². The highest BCUT2D eigenvalue weighted by atomic mass is 31.2. The Hall–Kier alpha value is -1.83. The third kappa shape index (κ3) is 3.65. The number of pyridine rings is 1. The number of hydrogen-bond acceptors (Lipinski definition) is 5. The number of rotatable bonds is 7. The van der Waals surface area contributed by atoms with Crippen LogP contribution in [-0.4, -0.2) is 30.2 Å². The van der Waals surface area contributed by atoms with Crippen LogP contribution in [0.3, 0.4) is 0 Å². The van der Waals surface area contributed by atoms with Gasteiger partial charge in [-0.25, -0.2) is 4.79 Å². The van der Waals surface area contributed by atoms with E-state index in [0.717, 1.165) is 4.40 Å². The van der Waals surface area contributed by atoms with Crippen molar-refractivity contribution in [2.45, 2.75) is 26.9 Å². The van der Waals surface area contributed by atoms with Gasteiger partial charge in [0.15, 0.2) is 0 Å². The van der Waals surface area contributed by atoms with E-state index >= 15 is 0 Å². The predicted molar refractivity (Wildman–Crippen MR) is 88.8 cm³/mol. The van der Waals surface area contributed by atoms with Gasteiger partial charge in [-0.2, -0.15) is 13.2 Å². The lowest BCUT2D eigenvalue weighted by molar-refractivity contribution is -0.137. The fourth-order valence-electron chi connectivity index (χ4n) is 2.64. The van der Waals surface area contributed by atoms with Crippen molar-refractivity contribution in [3.63, 3.8) is 0 Å². The van der Waals surface area contributed by atoms with Crippen LogP contribution in [0.25, 0.3) is 5.52 Å². The Bertz CT molecular complexity index is 836. The Kier molecular flexibility index (Phi) is 6.16. The molecule has 0 spiro atoms. The molecule has 2 aromatic heterocycles. The van der Waals surface area contributed by atoms with Crippen LogP contribution in [0.5, 0.6) is 0 Å². The van der Waals surface area contributed by atoms with Crippen molar-refractivity contribution in [1.82, 2.24) is 4.40 Å². The first-order chi connectivity index (χ1) is 12.2. The van der Waals surface area contributed by atoms with Crippen molar-refractivity contribution in [1.29, 1.82) is 0 Å². The summed E-state index contributed by atoms with van der Waals surface area (Å²) in [5.74, 6) is -1.17. The lowest BCUT2D eigenvalue weighted by Gasteiger charge is -2.19. The number of halogens is 3. The molecule has 0 atom stereocenters. The maximum Gasteiger partial charge on any atom is 0.419 e. The van der Waals surface area contributed by atoms with Crippen LogP contribution >= 0.6 is 7.60 Å².